The van der Waals surface area contributed by atoms with E-state index in [0.29, 0.717) is 5.56 Å². The third-order valence-corrected chi connectivity index (χ3v) is 4.20. The predicted molar refractivity (Wildman–Crippen MR) is 70.7 cm³/mol. The van der Waals surface area contributed by atoms with Gasteiger partial charge in [0.05, 0.1) is 5.56 Å². The molecule has 2 rings (SSSR count). The predicted octanol–water partition coefficient (Wildman–Crippen LogP) is 2.28. The summed E-state index contributed by atoms with van der Waals surface area (Å²) in [7, 11) is 0. The Hall–Kier alpha value is -1.16. The topological polar surface area (TPSA) is 40.5 Å². The van der Waals surface area contributed by atoms with Gasteiger partial charge in [0.25, 0.3) is 5.91 Å². The molecule has 1 aliphatic rings. The summed E-state index contributed by atoms with van der Waals surface area (Å²) in [6.45, 7) is 4.74. The molecular formula is C13H17NO2S. The van der Waals surface area contributed by atoms with Gasteiger partial charge in [0, 0.05) is 24.1 Å². The van der Waals surface area contributed by atoms with E-state index in [2.05, 4.69) is 6.92 Å². The van der Waals surface area contributed by atoms with Gasteiger partial charge < -0.3 is 10.0 Å². The molecule has 17 heavy (non-hydrogen) atoms. The molecule has 1 fully saturated rings. The Labute approximate surface area is 106 Å². The largest absolute Gasteiger partial charge is 0.507 e. The lowest BCUT2D eigenvalue weighted by Crippen LogP contribution is -2.44. The van der Waals surface area contributed by atoms with Crippen LogP contribution in [0.3, 0.4) is 0 Å². The molecule has 1 atom stereocenters. The van der Waals surface area contributed by atoms with Crippen molar-refractivity contribution in [3.63, 3.8) is 0 Å². The Morgan fingerprint density at radius 3 is 3.00 bits per heavy atom. The number of rotatable bonds is 1. The van der Waals surface area contributed by atoms with Crippen molar-refractivity contribution < 1.29 is 9.90 Å². The third kappa shape index (κ3) is 2.57. The van der Waals surface area contributed by atoms with Crippen LogP contribution in [0, 0.1) is 6.92 Å². The molecule has 0 radical (unpaired) electrons. The van der Waals surface area contributed by atoms with E-state index < -0.39 is 0 Å². The zero-order chi connectivity index (χ0) is 12.4. The van der Waals surface area contributed by atoms with E-state index in [9.17, 15) is 9.90 Å². The van der Waals surface area contributed by atoms with E-state index in [1.54, 1.807) is 12.1 Å². The molecule has 3 nitrogen and oxygen atoms in total. The summed E-state index contributed by atoms with van der Waals surface area (Å²) in [6.07, 6.45) is 0. The minimum atomic E-state index is -0.0565. The van der Waals surface area contributed by atoms with E-state index in [0.717, 1.165) is 23.6 Å². The second-order valence-corrected chi connectivity index (χ2v) is 5.59. The van der Waals surface area contributed by atoms with Crippen LogP contribution in [0.25, 0.3) is 0 Å². The summed E-state index contributed by atoms with van der Waals surface area (Å²) in [5, 5.41) is 9.77. The normalized spacial score (nSPS) is 20.4. The van der Waals surface area contributed by atoms with Crippen molar-refractivity contribution >= 4 is 17.7 Å². The van der Waals surface area contributed by atoms with Crippen LogP contribution in [-0.2, 0) is 0 Å². The van der Waals surface area contributed by atoms with Crippen molar-refractivity contribution in [2.75, 3.05) is 18.1 Å². The zero-order valence-corrected chi connectivity index (χ0v) is 11.0. The lowest BCUT2D eigenvalue weighted by atomic mass is 10.1. The number of hydrogen-bond acceptors (Lipinski definition) is 3. The van der Waals surface area contributed by atoms with Crippen LogP contribution < -0.4 is 0 Å². The fourth-order valence-electron chi connectivity index (χ4n) is 2.00. The smallest absolute Gasteiger partial charge is 0.257 e. The second-order valence-electron chi connectivity index (χ2n) is 4.44. The molecule has 1 amide bonds. The van der Waals surface area contributed by atoms with Gasteiger partial charge in [-0.05, 0) is 26.0 Å². The number of phenolic OH excluding ortho intramolecular Hbond substituents is 1. The second kappa shape index (κ2) is 5.00. The van der Waals surface area contributed by atoms with Crippen LogP contribution in [0.1, 0.15) is 22.8 Å². The van der Waals surface area contributed by atoms with Crippen molar-refractivity contribution in [3.05, 3.63) is 29.3 Å². The summed E-state index contributed by atoms with van der Waals surface area (Å²) in [4.78, 5) is 14.2. The molecule has 4 heteroatoms. The van der Waals surface area contributed by atoms with Gasteiger partial charge in [0.15, 0.2) is 0 Å². The molecule has 1 saturated heterocycles. The first-order chi connectivity index (χ1) is 8.09. The Balaban J connectivity index is 2.26. The summed E-state index contributed by atoms with van der Waals surface area (Å²) in [6, 6.07) is 5.39. The van der Waals surface area contributed by atoms with E-state index in [-0.39, 0.29) is 17.7 Å². The van der Waals surface area contributed by atoms with Crippen LogP contribution >= 0.6 is 11.8 Å². The quantitative estimate of drug-likeness (QED) is 0.832. The minimum Gasteiger partial charge on any atom is -0.507 e. The first-order valence-corrected chi connectivity index (χ1v) is 6.93. The zero-order valence-electron chi connectivity index (χ0n) is 10.1. The maximum atomic E-state index is 12.3. The highest BCUT2D eigenvalue weighted by molar-refractivity contribution is 7.99. The highest BCUT2D eigenvalue weighted by Crippen LogP contribution is 2.24. The number of nitrogens with zero attached hydrogens (tertiary/aromatic N) is 1. The number of carbonyl (C=O) groups excluding carboxylic acids is 1. The number of phenols is 1. The first kappa shape index (κ1) is 12.3. The van der Waals surface area contributed by atoms with Crippen molar-refractivity contribution in [1.82, 2.24) is 4.90 Å². The number of carbonyl (C=O) groups is 1. The number of benzene rings is 1. The summed E-state index contributed by atoms with van der Waals surface area (Å²) in [5.74, 6) is 1.96. The molecule has 1 aromatic rings. The van der Waals surface area contributed by atoms with E-state index in [1.165, 1.54) is 0 Å². The average molecular weight is 251 g/mol. The Bertz CT molecular complexity index is 433. The van der Waals surface area contributed by atoms with Crippen molar-refractivity contribution in [1.29, 1.82) is 0 Å². The SMILES string of the molecule is Cc1ccc(O)c(C(=O)N2CCSCC2C)c1. The van der Waals surface area contributed by atoms with Crippen LogP contribution in [-0.4, -0.2) is 40.0 Å². The maximum Gasteiger partial charge on any atom is 0.257 e. The molecule has 0 aliphatic carbocycles. The molecule has 1 aromatic carbocycles. The van der Waals surface area contributed by atoms with Crippen LogP contribution in [0.5, 0.6) is 5.75 Å². The number of aryl methyl sites for hydroxylation is 1. The number of amides is 1. The van der Waals surface area contributed by atoms with Gasteiger partial charge in [-0.3, -0.25) is 4.79 Å². The first-order valence-electron chi connectivity index (χ1n) is 5.78. The van der Waals surface area contributed by atoms with Crippen LogP contribution in [0.15, 0.2) is 18.2 Å². The average Bonchev–Trinajstić information content (AvgIpc) is 2.32. The van der Waals surface area contributed by atoms with E-state index in [4.69, 9.17) is 0 Å². The summed E-state index contributed by atoms with van der Waals surface area (Å²) < 4.78 is 0. The van der Waals surface area contributed by atoms with Gasteiger partial charge in [0.2, 0.25) is 0 Å². The minimum absolute atomic E-state index is 0.0565. The number of hydrogen-bond donors (Lipinski definition) is 1. The van der Waals surface area contributed by atoms with Gasteiger partial charge >= 0.3 is 0 Å². The van der Waals surface area contributed by atoms with Gasteiger partial charge in [-0.1, -0.05) is 11.6 Å². The molecule has 0 bridgehead atoms. The molecular weight excluding hydrogens is 234 g/mol. The Morgan fingerprint density at radius 1 is 1.53 bits per heavy atom. The number of aromatic hydroxyl groups is 1. The summed E-state index contributed by atoms with van der Waals surface area (Å²) >= 11 is 1.87. The lowest BCUT2D eigenvalue weighted by molar-refractivity contribution is 0.0713. The molecule has 1 aliphatic heterocycles. The molecule has 92 valence electrons. The van der Waals surface area contributed by atoms with Crippen LogP contribution in [0.4, 0.5) is 0 Å². The molecule has 1 heterocycles. The fraction of sp³-hybridized carbons (Fsp3) is 0.462. The third-order valence-electron chi connectivity index (χ3n) is 3.01. The van der Waals surface area contributed by atoms with E-state index >= 15 is 0 Å². The summed E-state index contributed by atoms with van der Waals surface area (Å²) in [5.41, 5.74) is 1.41. The monoisotopic (exact) mass is 251 g/mol. The highest BCUT2D eigenvalue weighted by Gasteiger charge is 2.26. The molecule has 1 N–H and O–H groups in total. The maximum absolute atomic E-state index is 12.3. The van der Waals surface area contributed by atoms with Gasteiger partial charge in [-0.2, -0.15) is 11.8 Å². The Kier molecular flexibility index (Phi) is 3.62. The lowest BCUT2D eigenvalue weighted by Gasteiger charge is -2.33. The van der Waals surface area contributed by atoms with Gasteiger partial charge in [0.1, 0.15) is 5.75 Å². The standard InChI is InChI=1S/C13H17NO2S/c1-9-3-4-12(15)11(7-9)13(16)14-5-6-17-8-10(14)2/h3-4,7,10,15H,5-6,8H2,1-2H3. The molecule has 1 unspecified atom stereocenters. The molecule has 0 saturated carbocycles. The highest BCUT2D eigenvalue weighted by atomic mass is 32.2. The van der Waals surface area contributed by atoms with Crippen LogP contribution in [0.2, 0.25) is 0 Å². The van der Waals surface area contributed by atoms with E-state index in [1.807, 2.05) is 29.7 Å². The number of thioether (sulfide) groups is 1. The molecule has 0 aromatic heterocycles. The van der Waals surface area contributed by atoms with Gasteiger partial charge in [-0.15, -0.1) is 0 Å². The Morgan fingerprint density at radius 2 is 2.29 bits per heavy atom. The fourth-order valence-corrected chi connectivity index (χ4v) is 3.02. The van der Waals surface area contributed by atoms with Crippen molar-refractivity contribution in [2.45, 2.75) is 19.9 Å². The van der Waals surface area contributed by atoms with Gasteiger partial charge in [-0.25, -0.2) is 0 Å². The van der Waals surface area contributed by atoms with Crippen molar-refractivity contribution in [2.24, 2.45) is 0 Å². The van der Waals surface area contributed by atoms with Crippen molar-refractivity contribution in [3.8, 4) is 5.75 Å². The molecule has 0 spiro atoms.